The lowest BCUT2D eigenvalue weighted by atomic mass is 10.0. The molecule has 3 aromatic rings. The Bertz CT molecular complexity index is 914. The first-order chi connectivity index (χ1) is 12.0. The van der Waals surface area contributed by atoms with Crippen molar-refractivity contribution in [2.24, 2.45) is 0 Å². The highest BCUT2D eigenvalue weighted by molar-refractivity contribution is 6.06. The van der Waals surface area contributed by atoms with Crippen LogP contribution in [0.4, 0.5) is 0 Å². The lowest BCUT2D eigenvalue weighted by Crippen LogP contribution is -2.42. The van der Waals surface area contributed by atoms with E-state index in [0.29, 0.717) is 11.1 Å². The molecule has 3 rings (SSSR count). The second-order valence-electron chi connectivity index (χ2n) is 5.93. The topological polar surface area (TPSA) is 79.3 Å². The van der Waals surface area contributed by atoms with E-state index >= 15 is 0 Å². The Balaban J connectivity index is 1.83. The summed E-state index contributed by atoms with van der Waals surface area (Å²) < 4.78 is 0. The molecular formula is C20H18N2O3. The highest BCUT2D eigenvalue weighted by Gasteiger charge is 2.22. The fourth-order valence-corrected chi connectivity index (χ4v) is 2.68. The molecule has 1 amide bonds. The number of pyridine rings is 1. The minimum atomic E-state index is -1.07. The highest BCUT2D eigenvalue weighted by Crippen LogP contribution is 2.16. The number of aromatic nitrogens is 1. The molecule has 0 saturated heterocycles. The molecule has 0 unspecified atom stereocenters. The van der Waals surface area contributed by atoms with Crippen molar-refractivity contribution in [1.82, 2.24) is 10.3 Å². The molecule has 2 aromatic carbocycles. The number of amides is 1. The molecule has 2 N–H and O–H groups in total. The predicted octanol–water partition coefficient (Wildman–Crippen LogP) is 2.97. The van der Waals surface area contributed by atoms with Crippen LogP contribution in [0, 0.1) is 6.92 Å². The molecule has 0 radical (unpaired) electrons. The van der Waals surface area contributed by atoms with Crippen molar-refractivity contribution in [1.29, 1.82) is 0 Å². The van der Waals surface area contributed by atoms with Crippen LogP contribution in [0.3, 0.4) is 0 Å². The Kier molecular flexibility index (Phi) is 4.75. The van der Waals surface area contributed by atoms with Crippen LogP contribution in [0.25, 0.3) is 10.9 Å². The quantitative estimate of drug-likeness (QED) is 0.752. The number of rotatable bonds is 5. The van der Waals surface area contributed by atoms with Crippen molar-refractivity contribution < 1.29 is 14.7 Å². The van der Waals surface area contributed by atoms with E-state index < -0.39 is 17.9 Å². The second-order valence-corrected chi connectivity index (χ2v) is 5.93. The summed E-state index contributed by atoms with van der Waals surface area (Å²) >= 11 is 0. The molecular weight excluding hydrogens is 316 g/mol. The number of nitrogens with one attached hydrogen (secondary N) is 1. The Labute approximate surface area is 145 Å². The van der Waals surface area contributed by atoms with Crippen molar-refractivity contribution in [2.75, 3.05) is 0 Å². The highest BCUT2D eigenvalue weighted by atomic mass is 16.4. The maximum Gasteiger partial charge on any atom is 0.326 e. The largest absolute Gasteiger partial charge is 0.480 e. The summed E-state index contributed by atoms with van der Waals surface area (Å²) in [6.07, 6.45) is 1.83. The first-order valence-corrected chi connectivity index (χ1v) is 7.97. The van der Waals surface area contributed by atoms with Gasteiger partial charge < -0.3 is 10.4 Å². The van der Waals surface area contributed by atoms with Gasteiger partial charge >= 0.3 is 5.97 Å². The number of aryl methyl sites for hydroxylation is 1. The van der Waals surface area contributed by atoms with Crippen molar-refractivity contribution in [3.05, 3.63) is 77.5 Å². The number of carboxylic acid groups (broad SMARTS) is 1. The number of benzene rings is 2. The molecule has 0 fully saturated rings. The van der Waals surface area contributed by atoms with Gasteiger partial charge in [-0.1, -0.05) is 48.0 Å². The van der Waals surface area contributed by atoms with E-state index in [-0.39, 0.29) is 6.42 Å². The third-order valence-electron chi connectivity index (χ3n) is 4.04. The van der Waals surface area contributed by atoms with Crippen LogP contribution >= 0.6 is 0 Å². The number of nitrogens with zero attached hydrogens (tertiary/aromatic N) is 1. The summed E-state index contributed by atoms with van der Waals surface area (Å²) in [7, 11) is 0. The van der Waals surface area contributed by atoms with E-state index in [1.165, 1.54) is 0 Å². The van der Waals surface area contributed by atoms with Crippen LogP contribution in [0.15, 0.2) is 60.8 Å². The van der Waals surface area contributed by atoms with Gasteiger partial charge in [-0.15, -0.1) is 0 Å². The average Bonchev–Trinajstić information content (AvgIpc) is 2.62. The number of fused-ring (bicyclic) bond motifs is 1. The summed E-state index contributed by atoms with van der Waals surface area (Å²) in [4.78, 5) is 28.4. The predicted molar refractivity (Wildman–Crippen MR) is 95.5 cm³/mol. The summed E-state index contributed by atoms with van der Waals surface area (Å²) in [5, 5.41) is 12.9. The summed E-state index contributed by atoms with van der Waals surface area (Å²) in [6, 6.07) is 15.5. The first-order valence-electron chi connectivity index (χ1n) is 7.97. The van der Waals surface area contributed by atoms with Gasteiger partial charge in [0.05, 0.1) is 11.1 Å². The van der Waals surface area contributed by atoms with E-state index in [4.69, 9.17) is 0 Å². The van der Waals surface area contributed by atoms with Gasteiger partial charge in [0.1, 0.15) is 6.04 Å². The van der Waals surface area contributed by atoms with E-state index in [2.05, 4.69) is 10.3 Å². The van der Waals surface area contributed by atoms with Gasteiger partial charge in [0.15, 0.2) is 0 Å². The fraction of sp³-hybridized carbons (Fsp3) is 0.150. The van der Waals surface area contributed by atoms with Crippen LogP contribution < -0.4 is 5.32 Å². The molecule has 0 spiro atoms. The Morgan fingerprint density at radius 2 is 1.80 bits per heavy atom. The molecule has 5 nitrogen and oxygen atoms in total. The maximum absolute atomic E-state index is 12.6. The van der Waals surface area contributed by atoms with Gasteiger partial charge in [0.25, 0.3) is 5.91 Å². The number of carboxylic acids is 1. The van der Waals surface area contributed by atoms with E-state index in [1.54, 1.807) is 24.4 Å². The zero-order chi connectivity index (χ0) is 17.8. The maximum atomic E-state index is 12.6. The number of aliphatic carboxylic acids is 1. The Morgan fingerprint density at radius 1 is 1.08 bits per heavy atom. The molecule has 0 saturated carbocycles. The van der Waals surface area contributed by atoms with Gasteiger partial charge in [0.2, 0.25) is 0 Å². The smallest absolute Gasteiger partial charge is 0.326 e. The molecule has 5 heteroatoms. The summed E-state index contributed by atoms with van der Waals surface area (Å²) in [5.41, 5.74) is 2.88. The van der Waals surface area contributed by atoms with Crippen LogP contribution in [0.5, 0.6) is 0 Å². The molecule has 25 heavy (non-hydrogen) atoms. The van der Waals surface area contributed by atoms with Crippen LogP contribution in [-0.4, -0.2) is 28.0 Å². The van der Waals surface area contributed by atoms with Crippen molar-refractivity contribution >= 4 is 22.8 Å². The molecule has 0 aliphatic rings. The molecule has 1 heterocycles. The monoisotopic (exact) mass is 334 g/mol. The first kappa shape index (κ1) is 16.6. The van der Waals surface area contributed by atoms with Crippen LogP contribution in [-0.2, 0) is 11.2 Å². The lowest BCUT2D eigenvalue weighted by molar-refractivity contribution is -0.139. The number of hydrogen-bond donors (Lipinski definition) is 2. The van der Waals surface area contributed by atoms with Crippen molar-refractivity contribution in [2.45, 2.75) is 19.4 Å². The third kappa shape index (κ3) is 3.83. The molecule has 0 aliphatic carbocycles. The standard InChI is InChI=1S/C20H18N2O3/c1-13-7-9-14(10-8-13)12-17(20(24)25)22-19(23)16-6-2-4-15-5-3-11-21-18(15)16/h2-11,17H,12H2,1H3,(H,22,23)(H,24,25)/t17-/m1/s1. The van der Waals surface area contributed by atoms with Crippen LogP contribution in [0.2, 0.25) is 0 Å². The van der Waals surface area contributed by atoms with Gasteiger partial charge in [0, 0.05) is 18.0 Å². The molecule has 1 atom stereocenters. The van der Waals surface area contributed by atoms with Gasteiger partial charge in [-0.05, 0) is 24.6 Å². The second kappa shape index (κ2) is 7.13. The third-order valence-corrected chi connectivity index (χ3v) is 4.04. The zero-order valence-corrected chi connectivity index (χ0v) is 13.8. The van der Waals surface area contributed by atoms with E-state index in [1.807, 2.05) is 43.3 Å². The molecule has 1 aromatic heterocycles. The van der Waals surface area contributed by atoms with Gasteiger partial charge in [-0.25, -0.2) is 4.79 Å². The molecule has 126 valence electrons. The number of carbonyl (C=O) groups is 2. The summed E-state index contributed by atoms with van der Waals surface area (Å²) in [6.45, 7) is 1.97. The number of carbonyl (C=O) groups excluding carboxylic acids is 1. The number of para-hydroxylation sites is 1. The minimum absolute atomic E-state index is 0.222. The minimum Gasteiger partial charge on any atom is -0.480 e. The zero-order valence-electron chi connectivity index (χ0n) is 13.8. The van der Waals surface area contributed by atoms with Crippen LogP contribution in [0.1, 0.15) is 21.5 Å². The molecule has 0 bridgehead atoms. The Morgan fingerprint density at radius 3 is 2.52 bits per heavy atom. The molecule has 0 aliphatic heterocycles. The summed E-state index contributed by atoms with van der Waals surface area (Å²) in [5.74, 6) is -1.51. The van der Waals surface area contributed by atoms with Gasteiger partial charge in [-0.2, -0.15) is 0 Å². The van der Waals surface area contributed by atoms with Crippen molar-refractivity contribution in [3.63, 3.8) is 0 Å². The van der Waals surface area contributed by atoms with Gasteiger partial charge in [-0.3, -0.25) is 9.78 Å². The van der Waals surface area contributed by atoms with E-state index in [9.17, 15) is 14.7 Å². The van der Waals surface area contributed by atoms with Crippen molar-refractivity contribution in [3.8, 4) is 0 Å². The Hall–Kier alpha value is -3.21. The number of hydrogen-bond acceptors (Lipinski definition) is 3. The fourth-order valence-electron chi connectivity index (χ4n) is 2.68. The normalized spacial score (nSPS) is 11.9. The average molecular weight is 334 g/mol. The lowest BCUT2D eigenvalue weighted by Gasteiger charge is -2.15. The van der Waals surface area contributed by atoms with E-state index in [0.717, 1.165) is 16.5 Å². The SMILES string of the molecule is Cc1ccc(C[C@@H](NC(=O)c2cccc3cccnc23)C(=O)O)cc1.